The molecule has 0 fully saturated rings. The van der Waals surface area contributed by atoms with Gasteiger partial charge in [0.1, 0.15) is 0 Å². The molecule has 0 N–H and O–H groups in total. The van der Waals surface area contributed by atoms with Crippen LogP contribution in [0.25, 0.3) is 11.5 Å². The van der Waals surface area contributed by atoms with Crippen LogP contribution in [0, 0.1) is 13.8 Å². The van der Waals surface area contributed by atoms with Crippen LogP contribution in [0.3, 0.4) is 0 Å². The largest absolute Gasteiger partial charge is 0.441 e. The molecule has 0 atom stereocenters. The molecule has 2 heterocycles. The van der Waals surface area contributed by atoms with Crippen molar-refractivity contribution in [2.45, 2.75) is 13.8 Å². The summed E-state index contributed by atoms with van der Waals surface area (Å²) in [5.74, 6) is 1.24. The maximum absolute atomic E-state index is 5.80. The van der Waals surface area contributed by atoms with E-state index in [0.717, 1.165) is 11.1 Å². The summed E-state index contributed by atoms with van der Waals surface area (Å²) in [6.07, 6.45) is 0. The van der Waals surface area contributed by atoms with Gasteiger partial charge in [-0.2, -0.15) is 0 Å². The molecule has 0 unspecified atom stereocenters. The number of halogens is 2. The minimum atomic E-state index is 0.350. The molecule has 74 valence electrons. The molecule has 2 nitrogen and oxygen atoms in total. The molecule has 0 radical (unpaired) electrons. The fourth-order valence-corrected chi connectivity index (χ4v) is 1.64. The molecule has 0 aromatic carbocycles. The fourth-order valence-electron chi connectivity index (χ4n) is 1.26. The normalized spacial score (nSPS) is 10.9. The Balaban J connectivity index is 2.54. The third kappa shape index (κ3) is 1.56. The van der Waals surface area contributed by atoms with Gasteiger partial charge in [-0.3, -0.25) is 0 Å². The molecule has 4 heteroatoms. The predicted octanol–water partition coefficient (Wildman–Crippen LogP) is 4.46. The lowest BCUT2D eigenvalue weighted by molar-refractivity contribution is 0.524. The second kappa shape index (κ2) is 3.37. The summed E-state index contributed by atoms with van der Waals surface area (Å²) in [5.41, 5.74) is 1.81. The van der Waals surface area contributed by atoms with E-state index in [1.807, 2.05) is 19.9 Å². The Morgan fingerprint density at radius 2 is 1.71 bits per heavy atom. The summed E-state index contributed by atoms with van der Waals surface area (Å²) in [5, 5.41) is 0.731. The second-order valence-corrected chi connectivity index (χ2v) is 3.85. The summed E-state index contributed by atoms with van der Waals surface area (Å²) in [6, 6.07) is 3.56. The van der Waals surface area contributed by atoms with Crippen molar-refractivity contribution in [2.24, 2.45) is 0 Å². The number of hydrogen-bond donors (Lipinski definition) is 0. The van der Waals surface area contributed by atoms with Crippen molar-refractivity contribution < 1.29 is 8.83 Å². The maximum atomic E-state index is 5.80. The van der Waals surface area contributed by atoms with Gasteiger partial charge in [0.15, 0.2) is 22.0 Å². The van der Waals surface area contributed by atoms with E-state index in [2.05, 4.69) is 0 Å². The van der Waals surface area contributed by atoms with Crippen molar-refractivity contribution in [3.05, 3.63) is 33.7 Å². The molecule has 0 aliphatic heterocycles. The van der Waals surface area contributed by atoms with Crippen LogP contribution in [0.4, 0.5) is 0 Å². The van der Waals surface area contributed by atoms with Crippen molar-refractivity contribution in [3.63, 3.8) is 0 Å². The summed E-state index contributed by atoms with van der Waals surface area (Å²) in [6.45, 7) is 3.77. The van der Waals surface area contributed by atoms with Gasteiger partial charge in [0, 0.05) is 11.1 Å². The van der Waals surface area contributed by atoms with Gasteiger partial charge >= 0.3 is 0 Å². The van der Waals surface area contributed by atoms with Gasteiger partial charge in [0.05, 0.1) is 0 Å². The number of hydrogen-bond acceptors (Lipinski definition) is 2. The number of aryl methyl sites for hydroxylation is 2. The molecule has 14 heavy (non-hydrogen) atoms. The topological polar surface area (TPSA) is 26.3 Å². The smallest absolute Gasteiger partial charge is 0.197 e. The van der Waals surface area contributed by atoms with Crippen LogP contribution in [0.15, 0.2) is 21.0 Å². The summed E-state index contributed by atoms with van der Waals surface area (Å²) in [4.78, 5) is 0. The monoisotopic (exact) mass is 230 g/mol. The zero-order valence-electron chi connectivity index (χ0n) is 7.73. The van der Waals surface area contributed by atoms with Crippen LogP contribution in [-0.2, 0) is 0 Å². The molecule has 2 aromatic heterocycles. The van der Waals surface area contributed by atoms with Crippen LogP contribution < -0.4 is 0 Å². The van der Waals surface area contributed by atoms with Gasteiger partial charge in [-0.1, -0.05) is 0 Å². The molecular weight excluding hydrogens is 223 g/mol. The number of furan rings is 2. The Labute approximate surface area is 91.4 Å². The highest BCUT2D eigenvalue weighted by atomic mass is 35.5. The minimum Gasteiger partial charge on any atom is -0.441 e. The van der Waals surface area contributed by atoms with Crippen LogP contribution in [0.1, 0.15) is 11.1 Å². The predicted molar refractivity (Wildman–Crippen MR) is 55.9 cm³/mol. The zero-order chi connectivity index (χ0) is 10.3. The molecule has 0 aliphatic rings. The molecule has 2 rings (SSSR count). The van der Waals surface area contributed by atoms with Gasteiger partial charge in [0.25, 0.3) is 0 Å². The van der Waals surface area contributed by atoms with Crippen molar-refractivity contribution in [2.75, 3.05) is 0 Å². The van der Waals surface area contributed by atoms with E-state index < -0.39 is 0 Å². The van der Waals surface area contributed by atoms with Crippen molar-refractivity contribution in [3.8, 4) is 11.5 Å². The third-order valence-electron chi connectivity index (χ3n) is 1.97. The number of rotatable bonds is 1. The average Bonchev–Trinajstić information content (AvgIpc) is 2.57. The van der Waals surface area contributed by atoms with Crippen LogP contribution in [-0.4, -0.2) is 0 Å². The average molecular weight is 231 g/mol. The van der Waals surface area contributed by atoms with E-state index in [4.69, 9.17) is 32.0 Å². The standard InChI is InChI=1S/C10H8Cl2O2/c1-5-4-8(11)14-9(5)7-3-6(2)10(12)13-7/h3-4H,1-2H3. The quantitative estimate of drug-likeness (QED) is 0.723. The van der Waals surface area contributed by atoms with E-state index in [-0.39, 0.29) is 0 Å². The highest BCUT2D eigenvalue weighted by molar-refractivity contribution is 6.30. The van der Waals surface area contributed by atoms with Crippen molar-refractivity contribution in [1.29, 1.82) is 0 Å². The lowest BCUT2D eigenvalue weighted by atomic mass is 10.2. The lowest BCUT2D eigenvalue weighted by Gasteiger charge is -1.90. The molecule has 2 aromatic rings. The van der Waals surface area contributed by atoms with E-state index >= 15 is 0 Å². The summed E-state index contributed by atoms with van der Waals surface area (Å²) < 4.78 is 10.6. The van der Waals surface area contributed by atoms with Crippen LogP contribution in [0.5, 0.6) is 0 Å². The lowest BCUT2D eigenvalue weighted by Crippen LogP contribution is -1.70. The van der Waals surface area contributed by atoms with Crippen LogP contribution >= 0.6 is 23.2 Å². The van der Waals surface area contributed by atoms with Gasteiger partial charge < -0.3 is 8.83 Å². The Kier molecular flexibility index (Phi) is 2.33. The first-order chi connectivity index (χ1) is 6.58. The molecule has 0 spiro atoms. The van der Waals surface area contributed by atoms with E-state index in [0.29, 0.717) is 22.0 Å². The Morgan fingerprint density at radius 3 is 2.14 bits per heavy atom. The van der Waals surface area contributed by atoms with Gasteiger partial charge in [-0.15, -0.1) is 0 Å². The molecule has 0 aliphatic carbocycles. The first kappa shape index (κ1) is 9.69. The van der Waals surface area contributed by atoms with E-state index in [1.54, 1.807) is 6.07 Å². The van der Waals surface area contributed by atoms with E-state index in [1.165, 1.54) is 0 Å². The fraction of sp³-hybridized carbons (Fsp3) is 0.200. The third-order valence-corrected chi connectivity index (χ3v) is 2.53. The first-order valence-corrected chi connectivity index (χ1v) is 4.86. The summed E-state index contributed by atoms with van der Waals surface area (Å²) in [7, 11) is 0. The SMILES string of the molecule is Cc1cc(-c2oc(Cl)cc2C)oc1Cl. The minimum absolute atomic E-state index is 0.350. The Bertz CT molecular complexity index is 449. The van der Waals surface area contributed by atoms with Crippen molar-refractivity contribution >= 4 is 23.2 Å². The maximum Gasteiger partial charge on any atom is 0.197 e. The van der Waals surface area contributed by atoms with Crippen molar-refractivity contribution in [1.82, 2.24) is 0 Å². The molecule has 0 saturated carbocycles. The van der Waals surface area contributed by atoms with E-state index in [9.17, 15) is 0 Å². The first-order valence-electron chi connectivity index (χ1n) is 4.10. The van der Waals surface area contributed by atoms with Crippen LogP contribution in [0.2, 0.25) is 10.4 Å². The Morgan fingerprint density at radius 1 is 1.00 bits per heavy atom. The molecule has 0 saturated heterocycles. The molecular formula is C10H8Cl2O2. The van der Waals surface area contributed by atoms with Gasteiger partial charge in [-0.05, 0) is 49.2 Å². The van der Waals surface area contributed by atoms with Gasteiger partial charge in [0.2, 0.25) is 0 Å². The van der Waals surface area contributed by atoms with Gasteiger partial charge in [-0.25, -0.2) is 0 Å². The highest BCUT2D eigenvalue weighted by Crippen LogP contribution is 2.33. The summed E-state index contributed by atoms with van der Waals surface area (Å²) >= 11 is 11.5. The Hall–Kier alpha value is -0.860. The molecule has 0 amide bonds. The second-order valence-electron chi connectivity index (χ2n) is 3.13. The molecule has 0 bridgehead atoms. The highest BCUT2D eigenvalue weighted by Gasteiger charge is 2.14. The zero-order valence-corrected chi connectivity index (χ0v) is 9.24.